The molecule has 9 heteroatoms. The van der Waals surface area contributed by atoms with Crippen molar-refractivity contribution < 1.29 is 27.4 Å². The van der Waals surface area contributed by atoms with Gasteiger partial charge in [-0.2, -0.15) is 4.39 Å². The highest BCUT2D eigenvalue weighted by molar-refractivity contribution is 5.84. The smallest absolute Gasteiger partial charge is 0.220 e. The van der Waals surface area contributed by atoms with Gasteiger partial charge in [-0.15, -0.1) is 0 Å². The number of benzene rings is 2. The van der Waals surface area contributed by atoms with Crippen LogP contribution in [0, 0.1) is 11.8 Å². The SMILES string of the molecule is CC(C)(F)COc1cc(F)c2c(c1)C1(COCC(N)=N1)c1cc(-c3cccnc3F)ccc1O2. The van der Waals surface area contributed by atoms with E-state index in [1.54, 1.807) is 36.4 Å². The number of ether oxygens (including phenoxy) is 3. The molecule has 176 valence electrons. The number of pyridine rings is 1. The minimum absolute atomic E-state index is 0.0353. The first-order valence-electron chi connectivity index (χ1n) is 10.7. The van der Waals surface area contributed by atoms with Gasteiger partial charge in [0.2, 0.25) is 5.95 Å². The summed E-state index contributed by atoms with van der Waals surface area (Å²) >= 11 is 0. The van der Waals surface area contributed by atoms with Crippen molar-refractivity contribution in [2.45, 2.75) is 25.1 Å². The van der Waals surface area contributed by atoms with Gasteiger partial charge in [-0.1, -0.05) is 6.07 Å². The Kier molecular flexibility index (Phi) is 5.24. The Morgan fingerprint density at radius 2 is 1.97 bits per heavy atom. The van der Waals surface area contributed by atoms with E-state index in [9.17, 15) is 8.78 Å². The van der Waals surface area contributed by atoms with Gasteiger partial charge >= 0.3 is 0 Å². The van der Waals surface area contributed by atoms with Crippen LogP contribution in [0.2, 0.25) is 0 Å². The molecule has 0 aliphatic carbocycles. The fraction of sp³-hybridized carbons (Fsp3) is 0.280. The highest BCUT2D eigenvalue weighted by Crippen LogP contribution is 2.52. The maximum Gasteiger partial charge on any atom is 0.220 e. The van der Waals surface area contributed by atoms with Crippen molar-refractivity contribution >= 4 is 5.84 Å². The standard InChI is InChI=1S/C25H22F3N3O3/c1-24(2,28)12-33-15-9-18-22(19(26)10-15)34-20-6-5-14(16-4-3-7-30-23(16)27)8-17(20)25(18)13-32-11-21(29)31-25/h3-10H,11-13H2,1-2H3,(H2,29,31). The van der Waals surface area contributed by atoms with Gasteiger partial charge in [-0.05, 0) is 49.7 Å². The number of halogens is 3. The summed E-state index contributed by atoms with van der Waals surface area (Å²) in [6.07, 6.45) is 1.36. The number of alkyl halides is 1. The molecule has 6 nitrogen and oxygen atoms in total. The summed E-state index contributed by atoms with van der Waals surface area (Å²) < 4.78 is 60.8. The lowest BCUT2D eigenvalue weighted by Gasteiger charge is -2.39. The number of hydrogen-bond acceptors (Lipinski definition) is 6. The highest BCUT2D eigenvalue weighted by Gasteiger charge is 2.46. The van der Waals surface area contributed by atoms with Crippen LogP contribution in [0.4, 0.5) is 13.2 Å². The van der Waals surface area contributed by atoms with Crippen molar-refractivity contribution in [3.8, 4) is 28.4 Å². The number of amidine groups is 1. The van der Waals surface area contributed by atoms with Crippen molar-refractivity contribution in [3.05, 3.63) is 71.6 Å². The van der Waals surface area contributed by atoms with Crippen LogP contribution in [0.25, 0.3) is 11.1 Å². The lowest BCUT2D eigenvalue weighted by Crippen LogP contribution is -2.42. The number of nitrogens with two attached hydrogens (primary N) is 1. The van der Waals surface area contributed by atoms with Gasteiger partial charge < -0.3 is 19.9 Å². The molecule has 2 aliphatic heterocycles. The molecule has 2 aliphatic rings. The lowest BCUT2D eigenvalue weighted by molar-refractivity contribution is 0.107. The molecule has 0 bridgehead atoms. The number of aliphatic imine (C=N–C) groups is 1. The lowest BCUT2D eigenvalue weighted by atomic mass is 9.79. The quantitative estimate of drug-likeness (QED) is 0.551. The molecule has 1 aromatic heterocycles. The van der Waals surface area contributed by atoms with E-state index in [1.165, 1.54) is 20.0 Å². The highest BCUT2D eigenvalue weighted by atomic mass is 19.1. The van der Waals surface area contributed by atoms with Crippen LogP contribution in [-0.4, -0.2) is 36.3 Å². The molecule has 34 heavy (non-hydrogen) atoms. The van der Waals surface area contributed by atoms with Gasteiger partial charge in [-0.3, -0.25) is 4.99 Å². The molecular weight excluding hydrogens is 447 g/mol. The second-order valence-electron chi connectivity index (χ2n) is 8.90. The van der Waals surface area contributed by atoms with Crippen LogP contribution in [0.3, 0.4) is 0 Å². The van der Waals surface area contributed by atoms with Crippen LogP contribution in [0.15, 0.2) is 53.7 Å². The van der Waals surface area contributed by atoms with Crippen LogP contribution in [-0.2, 0) is 10.3 Å². The van der Waals surface area contributed by atoms with Crippen molar-refractivity contribution in [1.82, 2.24) is 4.98 Å². The predicted octanol–water partition coefficient (Wildman–Crippen LogP) is 4.89. The molecule has 0 saturated carbocycles. The van der Waals surface area contributed by atoms with E-state index < -0.39 is 23.0 Å². The summed E-state index contributed by atoms with van der Waals surface area (Å²) in [5.41, 5.74) is 4.82. The molecular formula is C25H22F3N3O3. The van der Waals surface area contributed by atoms with E-state index in [4.69, 9.17) is 19.9 Å². The maximum atomic E-state index is 15.2. The number of aromatic nitrogens is 1. The van der Waals surface area contributed by atoms with Crippen LogP contribution >= 0.6 is 0 Å². The minimum atomic E-state index is -1.62. The topological polar surface area (TPSA) is 79.0 Å². The molecule has 2 N–H and O–H groups in total. The third-order valence-electron chi connectivity index (χ3n) is 5.65. The first kappa shape index (κ1) is 22.2. The van der Waals surface area contributed by atoms with E-state index >= 15 is 4.39 Å². The normalized spacial score (nSPS) is 19.1. The largest absolute Gasteiger partial charge is 0.490 e. The van der Waals surface area contributed by atoms with Gasteiger partial charge in [0.15, 0.2) is 11.6 Å². The summed E-state index contributed by atoms with van der Waals surface area (Å²) in [6.45, 7) is 2.60. The average Bonchev–Trinajstić information content (AvgIpc) is 2.78. The summed E-state index contributed by atoms with van der Waals surface area (Å²) in [5, 5.41) is 0. The van der Waals surface area contributed by atoms with Gasteiger partial charge in [0.1, 0.15) is 41.8 Å². The van der Waals surface area contributed by atoms with E-state index in [2.05, 4.69) is 9.98 Å². The van der Waals surface area contributed by atoms with Crippen LogP contribution < -0.4 is 15.2 Å². The third-order valence-corrected chi connectivity index (χ3v) is 5.65. The fourth-order valence-electron chi connectivity index (χ4n) is 4.17. The molecule has 1 spiro atoms. The van der Waals surface area contributed by atoms with Crippen LogP contribution in [0.1, 0.15) is 25.0 Å². The van der Waals surface area contributed by atoms with Crippen molar-refractivity contribution in [1.29, 1.82) is 0 Å². The molecule has 1 unspecified atom stereocenters. The van der Waals surface area contributed by atoms with Gasteiger partial charge in [-0.25, -0.2) is 13.8 Å². The number of fused-ring (bicyclic) bond motifs is 4. The zero-order valence-electron chi connectivity index (χ0n) is 18.6. The van der Waals surface area contributed by atoms with E-state index in [0.717, 1.165) is 6.07 Å². The number of nitrogens with zero attached hydrogens (tertiary/aromatic N) is 2. The van der Waals surface area contributed by atoms with Gasteiger partial charge in [0.05, 0.1) is 6.61 Å². The average molecular weight is 469 g/mol. The molecule has 3 heterocycles. The van der Waals surface area contributed by atoms with Gasteiger partial charge in [0.25, 0.3) is 0 Å². The molecule has 5 rings (SSSR count). The molecule has 0 amide bonds. The molecule has 0 saturated heterocycles. The molecule has 2 aromatic carbocycles. The maximum absolute atomic E-state index is 15.2. The van der Waals surface area contributed by atoms with Crippen molar-refractivity contribution in [3.63, 3.8) is 0 Å². The zero-order valence-corrected chi connectivity index (χ0v) is 18.6. The summed E-state index contributed by atoms with van der Waals surface area (Å²) in [7, 11) is 0. The zero-order chi connectivity index (χ0) is 24.1. The molecule has 0 fully saturated rings. The Morgan fingerprint density at radius 3 is 2.71 bits per heavy atom. The monoisotopic (exact) mass is 469 g/mol. The minimum Gasteiger partial charge on any atom is -0.490 e. The van der Waals surface area contributed by atoms with Crippen LogP contribution in [0.5, 0.6) is 17.2 Å². The van der Waals surface area contributed by atoms with E-state index in [-0.39, 0.29) is 42.7 Å². The molecule has 1 atom stereocenters. The van der Waals surface area contributed by atoms with E-state index in [0.29, 0.717) is 22.4 Å². The second kappa shape index (κ2) is 8.02. The van der Waals surface area contributed by atoms with Crippen molar-refractivity contribution in [2.75, 3.05) is 19.8 Å². The van der Waals surface area contributed by atoms with E-state index in [1.807, 2.05) is 0 Å². The summed E-state index contributed by atoms with van der Waals surface area (Å²) in [5.74, 6) is -0.730. The van der Waals surface area contributed by atoms with Crippen molar-refractivity contribution in [2.24, 2.45) is 10.7 Å². The first-order valence-corrected chi connectivity index (χ1v) is 10.7. The second-order valence-corrected chi connectivity index (χ2v) is 8.90. The first-order chi connectivity index (χ1) is 16.2. The Balaban J connectivity index is 1.70. The number of rotatable bonds is 4. The Hall–Kier alpha value is -3.59. The Bertz CT molecular complexity index is 1310. The summed E-state index contributed by atoms with van der Waals surface area (Å²) in [4.78, 5) is 8.40. The summed E-state index contributed by atoms with van der Waals surface area (Å²) in [6, 6.07) is 10.9. The Morgan fingerprint density at radius 1 is 1.15 bits per heavy atom. The Labute approximate surface area is 194 Å². The predicted molar refractivity (Wildman–Crippen MR) is 120 cm³/mol. The number of hydrogen-bond donors (Lipinski definition) is 1. The fourth-order valence-corrected chi connectivity index (χ4v) is 4.17. The molecule has 0 radical (unpaired) electrons. The van der Waals surface area contributed by atoms with Gasteiger partial charge in [0, 0.05) is 29.0 Å². The molecule has 3 aromatic rings. The third kappa shape index (κ3) is 3.86.